The monoisotopic (exact) mass is 216 g/mol. The third-order valence-corrected chi connectivity index (χ3v) is 2.68. The third kappa shape index (κ3) is 1.79. The number of hydrogen-bond acceptors (Lipinski definition) is 2. The molecule has 0 N–H and O–H groups in total. The number of pyridine rings is 1. The van der Waals surface area contributed by atoms with Crippen LogP contribution in [0, 0.1) is 11.3 Å². The first-order valence-electron chi connectivity index (χ1n) is 4.65. The van der Waals surface area contributed by atoms with Gasteiger partial charge in [-0.1, -0.05) is 12.1 Å². The molecular formula is C12H9ClN2. The molecule has 15 heavy (non-hydrogen) atoms. The molecule has 0 fully saturated rings. The van der Waals surface area contributed by atoms with Crippen molar-refractivity contribution in [3.05, 3.63) is 41.6 Å². The van der Waals surface area contributed by atoms with Crippen LogP contribution in [-0.4, -0.2) is 4.98 Å². The van der Waals surface area contributed by atoms with E-state index in [1.54, 1.807) is 6.20 Å². The normalized spacial score (nSPS) is 10.1. The van der Waals surface area contributed by atoms with Gasteiger partial charge in [-0.2, -0.15) is 5.26 Å². The lowest BCUT2D eigenvalue weighted by molar-refractivity contribution is 1.21. The maximum absolute atomic E-state index is 8.79. The van der Waals surface area contributed by atoms with Crippen LogP contribution in [0.25, 0.3) is 10.9 Å². The van der Waals surface area contributed by atoms with Crippen molar-refractivity contribution in [3.8, 4) is 6.07 Å². The second kappa shape index (κ2) is 4.29. The molecule has 2 rings (SSSR count). The zero-order valence-electron chi connectivity index (χ0n) is 8.07. The Kier molecular flexibility index (Phi) is 2.84. The molecule has 1 heterocycles. The van der Waals surface area contributed by atoms with Crippen molar-refractivity contribution in [2.45, 2.75) is 12.3 Å². The van der Waals surface area contributed by atoms with Gasteiger partial charge in [0.15, 0.2) is 0 Å². The van der Waals surface area contributed by atoms with Gasteiger partial charge in [0.25, 0.3) is 0 Å². The van der Waals surface area contributed by atoms with Crippen LogP contribution < -0.4 is 0 Å². The number of nitriles is 1. The number of alkyl halides is 1. The van der Waals surface area contributed by atoms with E-state index in [1.807, 2.05) is 24.3 Å². The summed E-state index contributed by atoms with van der Waals surface area (Å²) < 4.78 is 0. The first kappa shape index (κ1) is 9.95. The van der Waals surface area contributed by atoms with Crippen LogP contribution in [0.15, 0.2) is 30.5 Å². The van der Waals surface area contributed by atoms with Crippen LogP contribution in [0.5, 0.6) is 0 Å². The first-order chi connectivity index (χ1) is 7.36. The van der Waals surface area contributed by atoms with Gasteiger partial charge in [0, 0.05) is 17.5 Å². The highest BCUT2D eigenvalue weighted by molar-refractivity contribution is 6.17. The van der Waals surface area contributed by atoms with Crippen molar-refractivity contribution in [2.24, 2.45) is 0 Å². The summed E-state index contributed by atoms with van der Waals surface area (Å²) in [5.74, 6) is 0.432. The molecule has 0 aliphatic rings. The summed E-state index contributed by atoms with van der Waals surface area (Å²) in [6.07, 6.45) is 2.13. The molecule has 2 aromatic rings. The van der Waals surface area contributed by atoms with Crippen LogP contribution in [0.3, 0.4) is 0 Å². The molecule has 1 aromatic heterocycles. The van der Waals surface area contributed by atoms with Gasteiger partial charge >= 0.3 is 0 Å². The molecule has 0 aliphatic carbocycles. The van der Waals surface area contributed by atoms with E-state index in [0.29, 0.717) is 12.3 Å². The second-order valence-corrected chi connectivity index (χ2v) is 3.51. The molecule has 3 heteroatoms. The number of aromatic nitrogens is 1. The summed E-state index contributed by atoms with van der Waals surface area (Å²) >= 11 is 5.84. The van der Waals surface area contributed by atoms with Gasteiger partial charge < -0.3 is 0 Å². The number of rotatable bonds is 2. The van der Waals surface area contributed by atoms with Crippen molar-refractivity contribution in [1.82, 2.24) is 4.98 Å². The van der Waals surface area contributed by atoms with Gasteiger partial charge in [-0.05, 0) is 23.3 Å². The molecule has 0 aliphatic heterocycles. The topological polar surface area (TPSA) is 36.7 Å². The van der Waals surface area contributed by atoms with Gasteiger partial charge in [-0.3, -0.25) is 4.98 Å². The maximum atomic E-state index is 8.79. The predicted molar refractivity (Wildman–Crippen MR) is 60.6 cm³/mol. The van der Waals surface area contributed by atoms with Gasteiger partial charge in [0.2, 0.25) is 0 Å². The molecule has 0 bridgehead atoms. The smallest absolute Gasteiger partial charge is 0.0705 e. The largest absolute Gasteiger partial charge is 0.256 e. The zero-order valence-corrected chi connectivity index (χ0v) is 8.83. The van der Waals surface area contributed by atoms with Crippen molar-refractivity contribution in [3.63, 3.8) is 0 Å². The zero-order chi connectivity index (χ0) is 10.7. The van der Waals surface area contributed by atoms with Crippen molar-refractivity contribution in [2.75, 3.05) is 0 Å². The highest BCUT2D eigenvalue weighted by atomic mass is 35.5. The van der Waals surface area contributed by atoms with E-state index in [2.05, 4.69) is 11.1 Å². The third-order valence-electron chi connectivity index (χ3n) is 2.39. The fourth-order valence-corrected chi connectivity index (χ4v) is 1.92. The Morgan fingerprint density at radius 1 is 1.33 bits per heavy atom. The van der Waals surface area contributed by atoms with E-state index >= 15 is 0 Å². The standard InChI is InChI=1S/C12H9ClN2/c13-8-9-3-4-12-11(2-1-7-15-12)10(9)5-6-14/h1-4,7H,5,8H2. The van der Waals surface area contributed by atoms with Crippen molar-refractivity contribution < 1.29 is 0 Å². The predicted octanol–water partition coefficient (Wildman–Crippen LogP) is 3.04. The van der Waals surface area contributed by atoms with Crippen LogP contribution in [-0.2, 0) is 12.3 Å². The highest BCUT2D eigenvalue weighted by Gasteiger charge is 2.06. The fourth-order valence-electron chi connectivity index (χ4n) is 1.67. The lowest BCUT2D eigenvalue weighted by Crippen LogP contribution is -1.93. The summed E-state index contributed by atoms with van der Waals surface area (Å²) in [5, 5.41) is 9.81. The van der Waals surface area contributed by atoms with Gasteiger partial charge in [-0.25, -0.2) is 0 Å². The molecule has 0 saturated carbocycles. The Labute approximate surface area is 93.1 Å². The van der Waals surface area contributed by atoms with Crippen LogP contribution in [0.4, 0.5) is 0 Å². The molecule has 0 atom stereocenters. The molecule has 74 valence electrons. The van der Waals surface area contributed by atoms with E-state index in [9.17, 15) is 0 Å². The number of nitrogens with zero attached hydrogens (tertiary/aromatic N) is 2. The molecule has 0 amide bonds. The van der Waals surface area contributed by atoms with Crippen molar-refractivity contribution in [1.29, 1.82) is 5.26 Å². The Balaban J connectivity index is 2.74. The summed E-state index contributed by atoms with van der Waals surface area (Å²) in [6, 6.07) is 9.90. The van der Waals surface area contributed by atoms with Crippen LogP contribution >= 0.6 is 11.6 Å². The van der Waals surface area contributed by atoms with Crippen LogP contribution in [0.1, 0.15) is 11.1 Å². The number of hydrogen-bond donors (Lipinski definition) is 0. The van der Waals surface area contributed by atoms with E-state index < -0.39 is 0 Å². The SMILES string of the molecule is N#CCc1c(CCl)ccc2ncccc12. The minimum absolute atomic E-state index is 0.380. The summed E-state index contributed by atoms with van der Waals surface area (Å²) in [7, 11) is 0. The Morgan fingerprint density at radius 2 is 2.20 bits per heavy atom. The molecule has 0 saturated heterocycles. The van der Waals surface area contributed by atoms with Gasteiger partial charge in [0.1, 0.15) is 0 Å². The minimum atomic E-state index is 0.380. The van der Waals surface area contributed by atoms with Gasteiger partial charge in [0.05, 0.1) is 18.0 Å². The summed E-state index contributed by atoms with van der Waals surface area (Å²) in [6.45, 7) is 0. The molecule has 0 spiro atoms. The lowest BCUT2D eigenvalue weighted by atomic mass is 10.0. The number of fused-ring (bicyclic) bond motifs is 1. The van der Waals surface area contributed by atoms with Crippen molar-refractivity contribution >= 4 is 22.5 Å². The Morgan fingerprint density at radius 3 is 2.93 bits per heavy atom. The Hall–Kier alpha value is -1.59. The highest BCUT2D eigenvalue weighted by Crippen LogP contribution is 2.22. The minimum Gasteiger partial charge on any atom is -0.256 e. The van der Waals surface area contributed by atoms with Gasteiger partial charge in [-0.15, -0.1) is 11.6 Å². The fraction of sp³-hybridized carbons (Fsp3) is 0.167. The molecule has 0 radical (unpaired) electrons. The summed E-state index contributed by atoms with van der Waals surface area (Å²) in [5.41, 5.74) is 2.92. The molecule has 0 unspecified atom stereocenters. The number of halogens is 1. The Bertz CT molecular complexity index is 529. The number of benzene rings is 1. The lowest BCUT2D eigenvalue weighted by Gasteiger charge is -2.07. The van der Waals surface area contributed by atoms with E-state index in [-0.39, 0.29) is 0 Å². The first-order valence-corrected chi connectivity index (χ1v) is 5.18. The molecule has 1 aromatic carbocycles. The maximum Gasteiger partial charge on any atom is 0.0705 e. The average Bonchev–Trinajstić information content (AvgIpc) is 2.30. The average molecular weight is 217 g/mol. The quantitative estimate of drug-likeness (QED) is 0.724. The summed E-state index contributed by atoms with van der Waals surface area (Å²) in [4.78, 5) is 4.25. The second-order valence-electron chi connectivity index (χ2n) is 3.24. The van der Waals surface area contributed by atoms with E-state index in [4.69, 9.17) is 16.9 Å². The van der Waals surface area contributed by atoms with E-state index in [0.717, 1.165) is 22.0 Å². The molecular weight excluding hydrogens is 208 g/mol. The van der Waals surface area contributed by atoms with Crippen LogP contribution in [0.2, 0.25) is 0 Å². The molecule has 2 nitrogen and oxygen atoms in total. The van der Waals surface area contributed by atoms with E-state index in [1.165, 1.54) is 0 Å².